The first kappa shape index (κ1) is 29.8. The van der Waals surface area contributed by atoms with Gasteiger partial charge in [0.15, 0.2) is 11.9 Å². The molecular weight excluding hydrogens is 523 g/mol. The van der Waals surface area contributed by atoms with Crippen LogP contribution in [0.15, 0.2) is 72.9 Å². The van der Waals surface area contributed by atoms with Crippen molar-refractivity contribution in [2.45, 2.75) is 51.6 Å². The fraction of sp³-hybridized carbons (Fsp3) is 0.406. The Morgan fingerprint density at radius 1 is 1.12 bits per heavy atom. The Kier molecular flexibility index (Phi) is 9.81. The molecule has 1 aromatic carbocycles. The standard InChI is InChI=1S/C32H37FN4O4/c1-5-6-25(33)12-7-21(2)30(38)23-10-13-27(14-11-23)41-28-15-16-37(32(28)40)26-19-34-29(35-20-26)18-22-8-9-24(17-22)31(39)36(3)4/h5,7,10-14,19-20,22,24,28H,1,6,8-9,15-18H2,2-4H3/b21-7+,25-12+/t22?,24?,28-/m1/s1. The zero-order valence-corrected chi connectivity index (χ0v) is 23.9. The van der Waals surface area contributed by atoms with Gasteiger partial charge in [-0.15, -0.1) is 6.58 Å². The zero-order valence-electron chi connectivity index (χ0n) is 23.9. The Bertz CT molecular complexity index is 1330. The highest BCUT2D eigenvalue weighted by atomic mass is 19.1. The molecule has 0 bridgehead atoms. The molecule has 0 radical (unpaired) electrons. The molecule has 2 aromatic rings. The highest BCUT2D eigenvalue weighted by Gasteiger charge is 2.35. The van der Waals surface area contributed by atoms with Crippen molar-refractivity contribution < 1.29 is 23.5 Å². The van der Waals surface area contributed by atoms with Gasteiger partial charge < -0.3 is 14.5 Å². The second kappa shape index (κ2) is 13.5. The number of allylic oxidation sites excluding steroid dienone is 5. The first-order valence-electron chi connectivity index (χ1n) is 13.9. The summed E-state index contributed by atoms with van der Waals surface area (Å²) in [5.41, 5.74) is 1.47. The number of aromatic nitrogens is 2. The fourth-order valence-electron chi connectivity index (χ4n) is 5.29. The monoisotopic (exact) mass is 560 g/mol. The van der Waals surface area contributed by atoms with E-state index in [2.05, 4.69) is 16.5 Å². The minimum atomic E-state index is -0.652. The van der Waals surface area contributed by atoms with Gasteiger partial charge in [0, 0.05) is 51.4 Å². The summed E-state index contributed by atoms with van der Waals surface area (Å²) in [6, 6.07) is 6.57. The summed E-state index contributed by atoms with van der Waals surface area (Å²) in [6.45, 7) is 5.60. The maximum atomic E-state index is 13.6. The molecule has 2 unspecified atom stereocenters. The number of carbonyl (C=O) groups is 3. The van der Waals surface area contributed by atoms with Crippen LogP contribution in [0.4, 0.5) is 10.1 Å². The van der Waals surface area contributed by atoms with Gasteiger partial charge in [-0.3, -0.25) is 14.4 Å². The minimum absolute atomic E-state index is 0.0758. The molecule has 41 heavy (non-hydrogen) atoms. The summed E-state index contributed by atoms with van der Waals surface area (Å²) in [5.74, 6) is 1.08. The zero-order chi connectivity index (χ0) is 29.5. The molecule has 2 amide bonds. The lowest BCUT2D eigenvalue weighted by molar-refractivity contribution is -0.132. The first-order chi connectivity index (χ1) is 19.7. The predicted molar refractivity (Wildman–Crippen MR) is 155 cm³/mol. The number of amides is 2. The van der Waals surface area contributed by atoms with Crippen molar-refractivity contribution in [3.05, 3.63) is 84.3 Å². The number of benzene rings is 1. The number of halogens is 1. The van der Waals surface area contributed by atoms with Crippen molar-refractivity contribution in [1.29, 1.82) is 0 Å². The van der Waals surface area contributed by atoms with E-state index >= 15 is 0 Å². The molecule has 2 fully saturated rings. The van der Waals surface area contributed by atoms with Crippen molar-refractivity contribution in [3.8, 4) is 5.75 Å². The molecule has 4 rings (SSSR count). The fourth-order valence-corrected chi connectivity index (χ4v) is 5.29. The van der Waals surface area contributed by atoms with Gasteiger partial charge in [0.2, 0.25) is 5.91 Å². The van der Waals surface area contributed by atoms with Crippen LogP contribution in [0.3, 0.4) is 0 Å². The Labute approximate surface area is 240 Å². The first-order valence-corrected chi connectivity index (χ1v) is 13.9. The molecule has 1 aliphatic carbocycles. The molecule has 2 heterocycles. The molecule has 0 N–H and O–H groups in total. The highest BCUT2D eigenvalue weighted by Crippen LogP contribution is 2.34. The van der Waals surface area contributed by atoms with Gasteiger partial charge >= 0.3 is 0 Å². The third kappa shape index (κ3) is 7.54. The maximum Gasteiger partial charge on any atom is 0.268 e. The summed E-state index contributed by atoms with van der Waals surface area (Å²) >= 11 is 0. The van der Waals surface area contributed by atoms with E-state index in [9.17, 15) is 18.8 Å². The second-order valence-electron chi connectivity index (χ2n) is 10.9. The van der Waals surface area contributed by atoms with E-state index in [1.807, 2.05) is 0 Å². The molecule has 1 saturated heterocycles. The van der Waals surface area contributed by atoms with E-state index in [0.29, 0.717) is 53.7 Å². The summed E-state index contributed by atoms with van der Waals surface area (Å²) < 4.78 is 19.5. The van der Waals surface area contributed by atoms with Gasteiger partial charge in [0.25, 0.3) is 5.91 Å². The van der Waals surface area contributed by atoms with E-state index in [4.69, 9.17) is 4.74 Å². The summed E-state index contributed by atoms with van der Waals surface area (Å²) in [7, 11) is 3.59. The highest BCUT2D eigenvalue weighted by molar-refractivity contribution is 6.08. The Morgan fingerprint density at radius 2 is 1.83 bits per heavy atom. The number of nitrogens with zero attached hydrogens (tertiary/aromatic N) is 4. The van der Waals surface area contributed by atoms with E-state index in [-0.39, 0.29) is 35.8 Å². The van der Waals surface area contributed by atoms with Gasteiger partial charge in [-0.2, -0.15) is 0 Å². The number of anilines is 1. The Morgan fingerprint density at radius 3 is 2.49 bits per heavy atom. The lowest BCUT2D eigenvalue weighted by atomic mass is 10.0. The van der Waals surface area contributed by atoms with Crippen molar-refractivity contribution in [2.24, 2.45) is 11.8 Å². The second-order valence-corrected chi connectivity index (χ2v) is 10.9. The molecular formula is C32H37FN4O4. The summed E-state index contributed by atoms with van der Waals surface area (Å²) in [4.78, 5) is 50.2. The van der Waals surface area contributed by atoms with Gasteiger partial charge in [-0.1, -0.05) is 12.2 Å². The largest absolute Gasteiger partial charge is 0.481 e. The normalized spacial score (nSPS) is 21.2. The number of carbonyl (C=O) groups excluding carboxylic acids is 3. The van der Waals surface area contributed by atoms with Crippen molar-refractivity contribution in [3.63, 3.8) is 0 Å². The number of hydrogen-bond acceptors (Lipinski definition) is 6. The molecule has 0 spiro atoms. The van der Waals surface area contributed by atoms with Crippen LogP contribution >= 0.6 is 0 Å². The predicted octanol–water partition coefficient (Wildman–Crippen LogP) is 5.27. The van der Waals surface area contributed by atoms with Crippen LogP contribution in [0.25, 0.3) is 0 Å². The third-order valence-electron chi connectivity index (χ3n) is 7.57. The number of ketones is 1. The summed E-state index contributed by atoms with van der Waals surface area (Å²) in [6.07, 6.45) is 10.9. The van der Waals surface area contributed by atoms with E-state index in [0.717, 1.165) is 19.3 Å². The van der Waals surface area contributed by atoms with Crippen LogP contribution in [-0.4, -0.2) is 59.2 Å². The van der Waals surface area contributed by atoms with Crippen LogP contribution < -0.4 is 9.64 Å². The lowest BCUT2D eigenvalue weighted by Crippen LogP contribution is -2.32. The molecule has 1 saturated carbocycles. The van der Waals surface area contributed by atoms with Crippen LogP contribution in [-0.2, 0) is 16.0 Å². The van der Waals surface area contributed by atoms with Crippen molar-refractivity contribution in [2.75, 3.05) is 25.5 Å². The maximum absolute atomic E-state index is 13.6. The number of ether oxygens (including phenoxy) is 1. The van der Waals surface area contributed by atoms with Gasteiger partial charge in [-0.25, -0.2) is 14.4 Å². The molecule has 8 nitrogen and oxygen atoms in total. The Balaban J connectivity index is 1.30. The van der Waals surface area contributed by atoms with Crippen LogP contribution in [0.1, 0.15) is 55.2 Å². The van der Waals surface area contributed by atoms with E-state index in [1.54, 1.807) is 67.5 Å². The molecule has 1 aromatic heterocycles. The van der Waals surface area contributed by atoms with Gasteiger partial charge in [0.05, 0.1) is 18.1 Å². The van der Waals surface area contributed by atoms with Gasteiger partial charge in [-0.05, 0) is 68.0 Å². The van der Waals surface area contributed by atoms with E-state index in [1.165, 1.54) is 18.2 Å². The third-order valence-corrected chi connectivity index (χ3v) is 7.57. The van der Waals surface area contributed by atoms with Gasteiger partial charge in [0.1, 0.15) is 17.4 Å². The number of Topliss-reactive ketones (excluding diaryl/α,β-unsaturated/α-hetero) is 1. The number of hydrogen-bond donors (Lipinski definition) is 0. The molecule has 2 aliphatic rings. The molecule has 1 aliphatic heterocycles. The smallest absolute Gasteiger partial charge is 0.268 e. The van der Waals surface area contributed by atoms with Crippen molar-refractivity contribution in [1.82, 2.24) is 14.9 Å². The molecule has 216 valence electrons. The average Bonchev–Trinajstić information content (AvgIpc) is 3.58. The molecule has 9 heteroatoms. The average molecular weight is 561 g/mol. The van der Waals surface area contributed by atoms with Crippen molar-refractivity contribution >= 4 is 23.3 Å². The van der Waals surface area contributed by atoms with Crippen LogP contribution in [0, 0.1) is 11.8 Å². The SMILES string of the molecule is C=CC/C(F)=C\C=C(/C)C(=O)c1ccc(O[C@@H]2CCN(c3cnc(CC4CCC(C(=O)N(C)C)C4)nc3)C2=O)cc1. The lowest BCUT2D eigenvalue weighted by Gasteiger charge is -2.17. The summed E-state index contributed by atoms with van der Waals surface area (Å²) in [5, 5.41) is 0. The Hall–Kier alpha value is -4.14. The van der Waals surface area contributed by atoms with E-state index < -0.39 is 6.10 Å². The van der Waals surface area contributed by atoms with Crippen LogP contribution in [0.2, 0.25) is 0 Å². The topological polar surface area (TPSA) is 92.7 Å². The minimum Gasteiger partial charge on any atom is -0.481 e. The molecule has 3 atom stereocenters. The van der Waals surface area contributed by atoms with Crippen LogP contribution in [0.5, 0.6) is 5.75 Å². The number of rotatable bonds is 11. The quantitative estimate of drug-likeness (QED) is 0.161.